The predicted molar refractivity (Wildman–Crippen MR) is 88.1 cm³/mol. The van der Waals surface area contributed by atoms with Crippen molar-refractivity contribution in [3.8, 4) is 0 Å². The normalized spacial score (nSPS) is 16.0. The van der Waals surface area contributed by atoms with Crippen LogP contribution in [0, 0.1) is 11.6 Å². The minimum Gasteiger partial charge on any atom is -0.378 e. The minimum absolute atomic E-state index is 0.242. The Labute approximate surface area is 147 Å². The zero-order valence-corrected chi connectivity index (χ0v) is 13.9. The van der Waals surface area contributed by atoms with Crippen LogP contribution >= 0.6 is 0 Å². The van der Waals surface area contributed by atoms with Gasteiger partial charge in [0.25, 0.3) is 5.91 Å². The first-order valence-corrected chi connectivity index (χ1v) is 8.14. The van der Waals surface area contributed by atoms with Gasteiger partial charge in [0, 0.05) is 23.7 Å². The third-order valence-electron chi connectivity index (χ3n) is 4.07. The molecule has 1 aromatic carbocycles. The van der Waals surface area contributed by atoms with Gasteiger partial charge in [0.1, 0.15) is 17.7 Å². The highest BCUT2D eigenvalue weighted by molar-refractivity contribution is 5.97. The van der Waals surface area contributed by atoms with Crippen molar-refractivity contribution in [2.45, 2.75) is 37.8 Å². The fourth-order valence-electron chi connectivity index (χ4n) is 2.48. The molecule has 1 aliphatic rings. The van der Waals surface area contributed by atoms with Crippen LogP contribution in [0.4, 0.5) is 14.6 Å². The number of amides is 2. The number of nitrogens with one attached hydrogen (secondary N) is 3. The Morgan fingerprint density at radius 1 is 1.19 bits per heavy atom. The van der Waals surface area contributed by atoms with E-state index in [0.29, 0.717) is 17.8 Å². The van der Waals surface area contributed by atoms with Gasteiger partial charge < -0.3 is 15.7 Å². The summed E-state index contributed by atoms with van der Waals surface area (Å²) in [5, 5.41) is 21.6. The molecule has 26 heavy (non-hydrogen) atoms. The smallest absolute Gasteiger partial charge is 0.254 e. The average molecular weight is 364 g/mol. The van der Waals surface area contributed by atoms with Crippen molar-refractivity contribution < 1.29 is 23.5 Å². The van der Waals surface area contributed by atoms with Gasteiger partial charge in [-0.3, -0.25) is 14.7 Å². The molecule has 4 N–H and O–H groups in total. The molecule has 0 bridgehead atoms. The van der Waals surface area contributed by atoms with E-state index in [0.717, 1.165) is 30.7 Å². The largest absolute Gasteiger partial charge is 0.378 e. The van der Waals surface area contributed by atoms with E-state index in [4.69, 9.17) is 0 Å². The molecule has 7 nitrogen and oxygen atoms in total. The number of carbonyl (C=O) groups excluding carboxylic acids is 2. The van der Waals surface area contributed by atoms with Crippen LogP contribution in [0.25, 0.3) is 0 Å². The van der Waals surface area contributed by atoms with E-state index in [-0.39, 0.29) is 5.56 Å². The van der Waals surface area contributed by atoms with Crippen LogP contribution in [0.5, 0.6) is 0 Å². The van der Waals surface area contributed by atoms with E-state index >= 15 is 0 Å². The van der Waals surface area contributed by atoms with Crippen molar-refractivity contribution in [3.63, 3.8) is 0 Å². The maximum atomic E-state index is 13.2. The lowest BCUT2D eigenvalue weighted by atomic mass is 10.1. The topological polar surface area (TPSA) is 107 Å². The molecule has 1 heterocycles. The quantitative estimate of drug-likeness (QED) is 0.626. The molecule has 0 aliphatic heterocycles. The number of aromatic amines is 1. The highest BCUT2D eigenvalue weighted by Gasteiger charge is 2.27. The van der Waals surface area contributed by atoms with Crippen molar-refractivity contribution in [1.82, 2.24) is 15.5 Å². The van der Waals surface area contributed by atoms with E-state index in [1.54, 1.807) is 6.07 Å². The minimum atomic E-state index is -1.80. The molecule has 0 spiro atoms. The number of H-pyrrole nitrogens is 1. The predicted octanol–water partition coefficient (Wildman–Crippen LogP) is 1.74. The Morgan fingerprint density at radius 2 is 1.85 bits per heavy atom. The molecule has 2 unspecified atom stereocenters. The molecule has 2 aromatic rings. The molecule has 0 radical (unpaired) electrons. The molecule has 9 heteroatoms. The molecule has 1 aliphatic carbocycles. The summed E-state index contributed by atoms with van der Waals surface area (Å²) in [5.74, 6) is -2.52. The summed E-state index contributed by atoms with van der Waals surface area (Å²) in [6.07, 6.45) is 0.364. The van der Waals surface area contributed by atoms with E-state index in [2.05, 4.69) is 20.8 Å². The maximum Gasteiger partial charge on any atom is 0.254 e. The molecule has 138 valence electrons. The molecule has 1 saturated carbocycles. The number of anilines is 1. The van der Waals surface area contributed by atoms with Crippen molar-refractivity contribution >= 4 is 17.6 Å². The van der Waals surface area contributed by atoms with Gasteiger partial charge in [-0.25, -0.2) is 8.78 Å². The van der Waals surface area contributed by atoms with Crippen LogP contribution in [0.3, 0.4) is 0 Å². The zero-order valence-electron chi connectivity index (χ0n) is 13.9. The van der Waals surface area contributed by atoms with Gasteiger partial charge in [-0.2, -0.15) is 5.10 Å². The van der Waals surface area contributed by atoms with E-state index < -0.39 is 35.6 Å². The third-order valence-corrected chi connectivity index (χ3v) is 4.07. The fraction of sp³-hybridized carbons (Fsp3) is 0.353. The van der Waals surface area contributed by atoms with Crippen molar-refractivity contribution in [3.05, 3.63) is 47.2 Å². The lowest BCUT2D eigenvalue weighted by molar-refractivity contribution is -0.132. The Bertz CT molecular complexity index is 815. The van der Waals surface area contributed by atoms with Gasteiger partial charge in [0.2, 0.25) is 5.91 Å². The van der Waals surface area contributed by atoms with Crippen LogP contribution in [-0.2, 0) is 9.59 Å². The molecule has 3 rings (SSSR count). The van der Waals surface area contributed by atoms with Crippen LogP contribution < -0.4 is 10.6 Å². The molecule has 2 atom stereocenters. The number of rotatable bonds is 6. The van der Waals surface area contributed by atoms with Gasteiger partial charge in [-0.15, -0.1) is 0 Å². The summed E-state index contributed by atoms with van der Waals surface area (Å²) in [4.78, 5) is 24.2. The van der Waals surface area contributed by atoms with Crippen molar-refractivity contribution in [1.29, 1.82) is 0 Å². The van der Waals surface area contributed by atoms with E-state index in [1.807, 2.05) is 0 Å². The molecular weight excluding hydrogens is 346 g/mol. The molecule has 1 aromatic heterocycles. The Hall–Kier alpha value is -2.81. The number of hydrogen-bond donors (Lipinski definition) is 4. The lowest BCUT2D eigenvalue weighted by Gasteiger charge is -2.16. The number of nitrogens with zero attached hydrogens (tertiary/aromatic N) is 1. The standard InChI is InChI=1S/C17H18F2N4O3/c1-8(16(25)21-14-7-13(22-23-14)9-2-3-9)20-17(26)15(24)10-4-11(18)6-12(19)5-10/h4-9,15,24H,2-3H2,1H3,(H,20,26)(H2,21,22,23,25). The highest BCUT2D eigenvalue weighted by atomic mass is 19.1. The Morgan fingerprint density at radius 3 is 2.46 bits per heavy atom. The number of carbonyl (C=O) groups is 2. The third kappa shape index (κ3) is 4.23. The number of aliphatic hydroxyl groups excluding tert-OH is 1. The van der Waals surface area contributed by atoms with E-state index in [9.17, 15) is 23.5 Å². The maximum absolute atomic E-state index is 13.2. The Kier molecular flexibility index (Phi) is 4.99. The van der Waals surface area contributed by atoms with Gasteiger partial charge in [0.15, 0.2) is 11.9 Å². The first kappa shape index (κ1) is 18.0. The summed E-state index contributed by atoms with van der Waals surface area (Å²) in [5.41, 5.74) is 0.703. The average Bonchev–Trinajstić information content (AvgIpc) is 3.33. The van der Waals surface area contributed by atoms with Gasteiger partial charge in [-0.1, -0.05) is 0 Å². The van der Waals surface area contributed by atoms with Crippen molar-refractivity contribution in [2.75, 3.05) is 5.32 Å². The molecule has 1 fully saturated rings. The second-order valence-corrected chi connectivity index (χ2v) is 6.31. The summed E-state index contributed by atoms with van der Waals surface area (Å²) in [7, 11) is 0. The summed E-state index contributed by atoms with van der Waals surface area (Å²) < 4.78 is 26.4. The molecular formula is C17H18F2N4O3. The number of hydrogen-bond acceptors (Lipinski definition) is 4. The fourth-order valence-corrected chi connectivity index (χ4v) is 2.48. The first-order valence-electron chi connectivity index (χ1n) is 8.14. The number of aliphatic hydroxyl groups is 1. The van der Waals surface area contributed by atoms with Crippen LogP contribution in [-0.4, -0.2) is 33.2 Å². The number of halogens is 2. The monoisotopic (exact) mass is 364 g/mol. The van der Waals surface area contributed by atoms with E-state index in [1.165, 1.54) is 6.92 Å². The van der Waals surface area contributed by atoms with Gasteiger partial charge >= 0.3 is 0 Å². The zero-order chi connectivity index (χ0) is 18.8. The number of aromatic nitrogens is 2. The first-order chi connectivity index (χ1) is 12.3. The van der Waals surface area contributed by atoms with Crippen molar-refractivity contribution in [2.24, 2.45) is 0 Å². The summed E-state index contributed by atoms with van der Waals surface area (Å²) >= 11 is 0. The van der Waals surface area contributed by atoms with Gasteiger partial charge in [0.05, 0.1) is 0 Å². The van der Waals surface area contributed by atoms with Crippen LogP contribution in [0.1, 0.15) is 43.0 Å². The lowest BCUT2D eigenvalue weighted by Crippen LogP contribution is -2.43. The van der Waals surface area contributed by atoms with Gasteiger partial charge in [-0.05, 0) is 37.5 Å². The molecule has 2 amide bonds. The van der Waals surface area contributed by atoms with Crippen LogP contribution in [0.15, 0.2) is 24.3 Å². The second-order valence-electron chi connectivity index (χ2n) is 6.31. The SMILES string of the molecule is CC(NC(=O)C(O)c1cc(F)cc(F)c1)C(=O)Nc1cc(C2CC2)[nH]n1. The summed E-state index contributed by atoms with van der Waals surface area (Å²) in [6.45, 7) is 1.42. The second kappa shape index (κ2) is 7.20. The summed E-state index contributed by atoms with van der Waals surface area (Å²) in [6, 6.07) is 3.07. The molecule has 0 saturated heterocycles. The highest BCUT2D eigenvalue weighted by Crippen LogP contribution is 2.39. The van der Waals surface area contributed by atoms with Crippen LogP contribution in [0.2, 0.25) is 0 Å². The number of benzene rings is 1. The Balaban J connectivity index is 1.57.